The predicted molar refractivity (Wildman–Crippen MR) is 121 cm³/mol. The number of carbonyl (C=O) groups excluding carboxylic acids is 1. The monoisotopic (exact) mass is 458 g/mol. The molecule has 0 radical (unpaired) electrons. The molecular formula is C25H25ClF2N2O2. The number of hydrogen-bond donors (Lipinski definition) is 1. The fourth-order valence-electron chi connectivity index (χ4n) is 3.52. The standard InChI is InChI=1S/C25H25ClF2N2O2/c1-16(17-6-8-19(26)9-7-17)23(18-5-4-10-29-14-18)15-30-24(31)25(2,3)32-22-12-20(27)11-21(28)13-22/h4-14,16,23H,15H2,1-3H3,(H,30,31). The van der Waals surface area contributed by atoms with Crippen LogP contribution < -0.4 is 10.1 Å². The summed E-state index contributed by atoms with van der Waals surface area (Å²) in [4.78, 5) is 17.1. The Bertz CT molecular complexity index is 1040. The molecule has 0 aliphatic rings. The summed E-state index contributed by atoms with van der Waals surface area (Å²) in [6.45, 7) is 5.49. The third-order valence-corrected chi connectivity index (χ3v) is 5.60. The number of ether oxygens (including phenoxy) is 1. The van der Waals surface area contributed by atoms with Crippen LogP contribution in [0.2, 0.25) is 5.02 Å². The number of nitrogens with zero attached hydrogens (tertiary/aromatic N) is 1. The minimum absolute atomic E-state index is 0.0538. The van der Waals surface area contributed by atoms with Crippen LogP contribution in [0.3, 0.4) is 0 Å². The first-order valence-electron chi connectivity index (χ1n) is 10.2. The Hall–Kier alpha value is -2.99. The van der Waals surface area contributed by atoms with Crippen LogP contribution in [0, 0.1) is 11.6 Å². The van der Waals surface area contributed by atoms with Gasteiger partial charge in [-0.1, -0.05) is 36.7 Å². The van der Waals surface area contributed by atoms with E-state index in [1.165, 1.54) is 0 Å². The van der Waals surface area contributed by atoms with Gasteiger partial charge in [0.05, 0.1) is 0 Å². The molecule has 0 aliphatic heterocycles. The summed E-state index contributed by atoms with van der Waals surface area (Å²) in [7, 11) is 0. The summed E-state index contributed by atoms with van der Waals surface area (Å²) in [6.07, 6.45) is 3.47. The molecule has 1 amide bonds. The summed E-state index contributed by atoms with van der Waals surface area (Å²) in [5.74, 6) is -2.02. The molecule has 0 saturated carbocycles. The number of amides is 1. The van der Waals surface area contributed by atoms with Crippen molar-refractivity contribution in [2.45, 2.75) is 38.2 Å². The van der Waals surface area contributed by atoms with Crippen LogP contribution in [-0.2, 0) is 4.79 Å². The Morgan fingerprint density at radius 2 is 1.75 bits per heavy atom. The summed E-state index contributed by atoms with van der Waals surface area (Å²) in [6, 6.07) is 14.2. The molecule has 3 rings (SSSR count). The normalized spacial score (nSPS) is 13.3. The van der Waals surface area contributed by atoms with Crippen LogP contribution in [-0.4, -0.2) is 23.0 Å². The van der Waals surface area contributed by atoms with Crippen molar-refractivity contribution >= 4 is 17.5 Å². The van der Waals surface area contributed by atoms with Gasteiger partial charge in [0.15, 0.2) is 5.60 Å². The highest BCUT2D eigenvalue weighted by atomic mass is 35.5. The second-order valence-electron chi connectivity index (χ2n) is 8.16. The molecule has 0 spiro atoms. The Morgan fingerprint density at radius 3 is 2.34 bits per heavy atom. The van der Waals surface area contributed by atoms with Crippen molar-refractivity contribution in [2.24, 2.45) is 0 Å². The van der Waals surface area contributed by atoms with Crippen molar-refractivity contribution in [3.05, 3.63) is 94.8 Å². The van der Waals surface area contributed by atoms with Gasteiger partial charge in [-0.2, -0.15) is 0 Å². The molecule has 1 N–H and O–H groups in total. The smallest absolute Gasteiger partial charge is 0.263 e. The highest BCUT2D eigenvalue weighted by Crippen LogP contribution is 2.33. The fraction of sp³-hybridized carbons (Fsp3) is 0.280. The molecule has 1 heterocycles. The van der Waals surface area contributed by atoms with Gasteiger partial charge >= 0.3 is 0 Å². The molecule has 3 aromatic rings. The van der Waals surface area contributed by atoms with Crippen LogP contribution >= 0.6 is 11.6 Å². The fourth-order valence-corrected chi connectivity index (χ4v) is 3.65. The molecule has 0 bridgehead atoms. The topological polar surface area (TPSA) is 51.2 Å². The maximum absolute atomic E-state index is 13.5. The molecule has 7 heteroatoms. The van der Waals surface area contributed by atoms with E-state index in [4.69, 9.17) is 16.3 Å². The third-order valence-electron chi connectivity index (χ3n) is 5.35. The maximum atomic E-state index is 13.5. The average Bonchev–Trinajstić information content (AvgIpc) is 2.73. The van der Waals surface area contributed by atoms with Crippen molar-refractivity contribution in [3.8, 4) is 5.75 Å². The van der Waals surface area contributed by atoms with Crippen molar-refractivity contribution in [2.75, 3.05) is 6.54 Å². The summed E-state index contributed by atoms with van der Waals surface area (Å²) >= 11 is 6.02. The molecule has 168 valence electrons. The largest absolute Gasteiger partial charge is 0.478 e. The first-order valence-corrected chi connectivity index (χ1v) is 10.6. The van der Waals surface area contributed by atoms with Gasteiger partial charge in [0.2, 0.25) is 0 Å². The number of pyridine rings is 1. The Morgan fingerprint density at radius 1 is 1.09 bits per heavy atom. The second-order valence-corrected chi connectivity index (χ2v) is 8.60. The van der Waals surface area contributed by atoms with Gasteiger partial charge in [-0.05, 0) is 49.1 Å². The highest BCUT2D eigenvalue weighted by molar-refractivity contribution is 6.30. The van der Waals surface area contributed by atoms with E-state index in [0.29, 0.717) is 11.6 Å². The van der Waals surface area contributed by atoms with Crippen LogP contribution in [0.4, 0.5) is 8.78 Å². The number of hydrogen-bond acceptors (Lipinski definition) is 3. The zero-order valence-electron chi connectivity index (χ0n) is 18.1. The number of nitrogens with one attached hydrogen (secondary N) is 1. The van der Waals surface area contributed by atoms with Gasteiger partial charge in [-0.15, -0.1) is 0 Å². The quantitative estimate of drug-likeness (QED) is 0.459. The summed E-state index contributed by atoms with van der Waals surface area (Å²) in [5, 5.41) is 3.58. The van der Waals surface area contributed by atoms with Crippen LogP contribution in [0.1, 0.15) is 43.7 Å². The molecule has 4 nitrogen and oxygen atoms in total. The van der Waals surface area contributed by atoms with E-state index in [-0.39, 0.29) is 17.6 Å². The molecule has 32 heavy (non-hydrogen) atoms. The molecule has 1 aromatic heterocycles. The van der Waals surface area contributed by atoms with Crippen molar-refractivity contribution in [1.82, 2.24) is 10.3 Å². The van der Waals surface area contributed by atoms with Crippen molar-refractivity contribution in [1.29, 1.82) is 0 Å². The van der Waals surface area contributed by atoms with Crippen molar-refractivity contribution < 1.29 is 18.3 Å². The van der Waals surface area contributed by atoms with Gasteiger partial charge in [0.1, 0.15) is 17.4 Å². The Balaban J connectivity index is 1.76. The lowest BCUT2D eigenvalue weighted by Crippen LogP contribution is -2.48. The van der Waals surface area contributed by atoms with E-state index < -0.39 is 23.1 Å². The minimum Gasteiger partial charge on any atom is -0.478 e. The van der Waals surface area contributed by atoms with E-state index in [2.05, 4.69) is 17.2 Å². The average molecular weight is 459 g/mol. The number of rotatable bonds is 8. The molecule has 0 fully saturated rings. The van der Waals surface area contributed by atoms with Crippen molar-refractivity contribution in [3.63, 3.8) is 0 Å². The first-order chi connectivity index (χ1) is 15.2. The van der Waals surface area contributed by atoms with Gasteiger partial charge in [0, 0.05) is 48.1 Å². The van der Waals surface area contributed by atoms with Gasteiger partial charge in [-0.25, -0.2) is 8.78 Å². The number of aromatic nitrogens is 1. The maximum Gasteiger partial charge on any atom is 0.263 e. The Labute approximate surface area is 191 Å². The number of benzene rings is 2. The number of carbonyl (C=O) groups is 1. The predicted octanol–water partition coefficient (Wildman–Crippen LogP) is 5.87. The lowest BCUT2D eigenvalue weighted by atomic mass is 9.83. The van der Waals surface area contributed by atoms with E-state index in [9.17, 15) is 13.6 Å². The van der Waals surface area contributed by atoms with Crippen LogP contribution in [0.25, 0.3) is 0 Å². The second kappa shape index (κ2) is 10.1. The Kier molecular flexibility index (Phi) is 7.46. The molecule has 2 aromatic carbocycles. The molecule has 2 atom stereocenters. The number of halogens is 3. The molecule has 2 unspecified atom stereocenters. The van der Waals surface area contributed by atoms with Crippen LogP contribution in [0.5, 0.6) is 5.75 Å². The van der Waals surface area contributed by atoms with E-state index in [1.54, 1.807) is 26.2 Å². The zero-order valence-corrected chi connectivity index (χ0v) is 18.9. The van der Waals surface area contributed by atoms with Gasteiger partial charge in [0.25, 0.3) is 5.91 Å². The highest BCUT2D eigenvalue weighted by Gasteiger charge is 2.32. The van der Waals surface area contributed by atoms with Gasteiger partial charge in [-0.3, -0.25) is 9.78 Å². The lowest BCUT2D eigenvalue weighted by Gasteiger charge is -2.29. The minimum atomic E-state index is -1.34. The van der Waals surface area contributed by atoms with E-state index in [0.717, 1.165) is 29.3 Å². The zero-order chi connectivity index (χ0) is 23.3. The molecule has 0 saturated heterocycles. The SMILES string of the molecule is CC(c1ccc(Cl)cc1)C(CNC(=O)C(C)(C)Oc1cc(F)cc(F)c1)c1cccnc1. The first kappa shape index (κ1) is 23.7. The molecular weight excluding hydrogens is 434 g/mol. The summed E-state index contributed by atoms with van der Waals surface area (Å²) in [5.41, 5.74) is 0.702. The third kappa shape index (κ3) is 6.04. The van der Waals surface area contributed by atoms with Gasteiger partial charge < -0.3 is 10.1 Å². The van der Waals surface area contributed by atoms with E-state index in [1.807, 2.05) is 36.4 Å². The lowest BCUT2D eigenvalue weighted by molar-refractivity contribution is -0.134. The summed E-state index contributed by atoms with van der Waals surface area (Å²) < 4.78 is 32.6. The van der Waals surface area contributed by atoms with Crippen LogP contribution in [0.15, 0.2) is 67.0 Å². The molecule has 0 aliphatic carbocycles. The van der Waals surface area contributed by atoms with E-state index >= 15 is 0 Å².